The van der Waals surface area contributed by atoms with E-state index in [1.165, 1.54) is 5.56 Å². The molecule has 8 heteroatoms. The SMILES string of the molecule is O=C(NCCNC(=O)N1CC[C@@H](c2ccccc2)C1)c1ccc(OC2CCC(C(=O)O)CC2)cc1. The molecule has 1 saturated heterocycles. The van der Waals surface area contributed by atoms with Crippen molar-refractivity contribution in [3.8, 4) is 5.75 Å². The van der Waals surface area contributed by atoms with Crippen molar-refractivity contribution < 1.29 is 24.2 Å². The van der Waals surface area contributed by atoms with Crippen LogP contribution < -0.4 is 15.4 Å². The van der Waals surface area contributed by atoms with Gasteiger partial charge in [-0.2, -0.15) is 0 Å². The number of carbonyl (C=O) groups excluding carboxylic acids is 2. The molecule has 3 amide bonds. The van der Waals surface area contributed by atoms with E-state index in [0.717, 1.165) is 25.8 Å². The van der Waals surface area contributed by atoms with Crippen molar-refractivity contribution in [3.63, 3.8) is 0 Å². The number of aliphatic carboxylic acids is 1. The number of amides is 3. The van der Waals surface area contributed by atoms with Gasteiger partial charge in [-0.25, -0.2) is 4.79 Å². The van der Waals surface area contributed by atoms with E-state index in [-0.39, 0.29) is 24.0 Å². The summed E-state index contributed by atoms with van der Waals surface area (Å²) in [6.07, 6.45) is 3.65. The van der Waals surface area contributed by atoms with Crippen LogP contribution in [0.2, 0.25) is 0 Å². The number of likely N-dealkylation sites (tertiary alicyclic amines) is 1. The minimum Gasteiger partial charge on any atom is -0.490 e. The van der Waals surface area contributed by atoms with Gasteiger partial charge in [-0.3, -0.25) is 9.59 Å². The highest BCUT2D eigenvalue weighted by atomic mass is 16.5. The van der Waals surface area contributed by atoms with Crippen LogP contribution >= 0.6 is 0 Å². The Balaban J connectivity index is 1.14. The summed E-state index contributed by atoms with van der Waals surface area (Å²) in [5.74, 6) is -0.170. The number of hydrogen-bond acceptors (Lipinski definition) is 4. The number of rotatable bonds is 8. The molecule has 2 aromatic rings. The first-order valence-corrected chi connectivity index (χ1v) is 12.3. The molecular weight excluding hydrogens is 446 g/mol. The molecule has 35 heavy (non-hydrogen) atoms. The molecule has 1 aliphatic carbocycles. The lowest BCUT2D eigenvalue weighted by molar-refractivity contribution is -0.143. The first kappa shape index (κ1) is 24.6. The standard InChI is InChI=1S/C27H33N3O5/c31-25(20-6-10-23(11-7-20)35-24-12-8-21(9-13-24)26(32)33)28-15-16-29-27(34)30-17-14-22(18-30)19-4-2-1-3-5-19/h1-7,10-11,21-22,24H,8-9,12-18H2,(H,28,31)(H,29,34)(H,32,33)/t21?,22-,24?/m1/s1. The predicted octanol–water partition coefficient (Wildman–Crippen LogP) is 3.64. The van der Waals surface area contributed by atoms with Gasteiger partial charge in [-0.15, -0.1) is 0 Å². The minimum atomic E-state index is -0.730. The molecule has 1 aliphatic heterocycles. The van der Waals surface area contributed by atoms with Crippen LogP contribution in [0.15, 0.2) is 54.6 Å². The Bertz CT molecular complexity index is 1000. The monoisotopic (exact) mass is 479 g/mol. The third kappa shape index (κ3) is 6.74. The van der Waals surface area contributed by atoms with E-state index < -0.39 is 5.97 Å². The molecular formula is C27H33N3O5. The predicted molar refractivity (Wildman–Crippen MR) is 132 cm³/mol. The lowest BCUT2D eigenvalue weighted by Crippen LogP contribution is -2.42. The molecule has 1 atom stereocenters. The van der Waals surface area contributed by atoms with Crippen LogP contribution in [0.25, 0.3) is 0 Å². The summed E-state index contributed by atoms with van der Waals surface area (Å²) in [5.41, 5.74) is 1.78. The number of urea groups is 1. The van der Waals surface area contributed by atoms with E-state index >= 15 is 0 Å². The van der Waals surface area contributed by atoms with Crippen LogP contribution in [0.5, 0.6) is 5.75 Å². The number of carboxylic acids is 1. The van der Waals surface area contributed by atoms with Crippen LogP contribution in [0.3, 0.4) is 0 Å². The average Bonchev–Trinajstić information content (AvgIpc) is 3.38. The van der Waals surface area contributed by atoms with Crippen molar-refractivity contribution in [2.24, 2.45) is 5.92 Å². The molecule has 3 N–H and O–H groups in total. The van der Waals surface area contributed by atoms with Crippen LogP contribution in [-0.4, -0.2) is 60.2 Å². The van der Waals surface area contributed by atoms with Gasteiger partial charge in [0.2, 0.25) is 0 Å². The largest absolute Gasteiger partial charge is 0.490 e. The molecule has 8 nitrogen and oxygen atoms in total. The molecule has 0 bridgehead atoms. The maximum absolute atomic E-state index is 12.4. The lowest BCUT2D eigenvalue weighted by Gasteiger charge is -2.26. The fraction of sp³-hybridized carbons (Fsp3) is 0.444. The molecule has 2 aliphatic rings. The lowest BCUT2D eigenvalue weighted by atomic mass is 9.87. The Hall–Kier alpha value is -3.55. The number of nitrogens with zero attached hydrogens (tertiary/aromatic N) is 1. The summed E-state index contributed by atoms with van der Waals surface area (Å²) >= 11 is 0. The molecule has 0 aromatic heterocycles. The van der Waals surface area contributed by atoms with E-state index in [9.17, 15) is 14.4 Å². The first-order chi connectivity index (χ1) is 17.0. The molecule has 2 aromatic carbocycles. The zero-order chi connectivity index (χ0) is 24.6. The van der Waals surface area contributed by atoms with Crippen molar-refractivity contribution >= 4 is 17.9 Å². The van der Waals surface area contributed by atoms with Crippen LogP contribution in [0, 0.1) is 5.92 Å². The second-order valence-corrected chi connectivity index (χ2v) is 9.28. The maximum Gasteiger partial charge on any atom is 0.317 e. The van der Waals surface area contributed by atoms with Gasteiger partial charge in [-0.1, -0.05) is 30.3 Å². The van der Waals surface area contributed by atoms with Gasteiger partial charge >= 0.3 is 12.0 Å². The molecule has 0 unspecified atom stereocenters. The zero-order valence-corrected chi connectivity index (χ0v) is 19.8. The van der Waals surface area contributed by atoms with Gasteiger partial charge in [0.1, 0.15) is 5.75 Å². The summed E-state index contributed by atoms with van der Waals surface area (Å²) in [4.78, 5) is 37.8. The minimum absolute atomic E-state index is 0.00691. The summed E-state index contributed by atoms with van der Waals surface area (Å²) in [5, 5.41) is 14.8. The highest BCUT2D eigenvalue weighted by Gasteiger charge is 2.28. The molecule has 4 rings (SSSR count). The Morgan fingerprint density at radius 1 is 0.886 bits per heavy atom. The second kappa shape index (κ2) is 11.7. The number of carboxylic acid groups (broad SMARTS) is 1. The maximum atomic E-state index is 12.4. The van der Waals surface area contributed by atoms with Crippen LogP contribution in [-0.2, 0) is 4.79 Å². The van der Waals surface area contributed by atoms with Crippen LogP contribution in [0.1, 0.15) is 53.9 Å². The van der Waals surface area contributed by atoms with Gasteiger partial charge in [0.05, 0.1) is 12.0 Å². The average molecular weight is 480 g/mol. The molecule has 186 valence electrons. The number of nitrogens with one attached hydrogen (secondary N) is 2. The van der Waals surface area contributed by atoms with Gasteiger partial charge in [0.15, 0.2) is 0 Å². The molecule has 0 spiro atoms. The number of benzene rings is 2. The second-order valence-electron chi connectivity index (χ2n) is 9.28. The quantitative estimate of drug-likeness (QED) is 0.501. The Morgan fingerprint density at radius 3 is 2.26 bits per heavy atom. The topological polar surface area (TPSA) is 108 Å². The molecule has 2 fully saturated rings. The normalized spacial score (nSPS) is 21.8. The van der Waals surface area contributed by atoms with Gasteiger partial charge in [0.25, 0.3) is 5.91 Å². The fourth-order valence-corrected chi connectivity index (χ4v) is 4.81. The summed E-state index contributed by atoms with van der Waals surface area (Å²) in [7, 11) is 0. The highest BCUT2D eigenvalue weighted by Crippen LogP contribution is 2.28. The Kier molecular flexibility index (Phi) is 8.23. The van der Waals surface area contributed by atoms with E-state index in [4.69, 9.17) is 9.84 Å². The number of ether oxygens (including phenoxy) is 1. The fourth-order valence-electron chi connectivity index (χ4n) is 4.81. The van der Waals surface area contributed by atoms with Crippen molar-refractivity contribution in [2.45, 2.75) is 44.1 Å². The van der Waals surface area contributed by atoms with E-state index in [1.807, 2.05) is 23.1 Å². The Morgan fingerprint density at radius 2 is 1.57 bits per heavy atom. The summed E-state index contributed by atoms with van der Waals surface area (Å²) in [6, 6.07) is 17.1. The third-order valence-corrected chi connectivity index (χ3v) is 6.88. The van der Waals surface area contributed by atoms with Crippen molar-refractivity contribution in [3.05, 3.63) is 65.7 Å². The van der Waals surface area contributed by atoms with E-state index in [0.29, 0.717) is 49.7 Å². The molecule has 0 radical (unpaired) electrons. The number of carbonyl (C=O) groups is 3. The highest BCUT2D eigenvalue weighted by molar-refractivity contribution is 5.94. The van der Waals surface area contributed by atoms with E-state index in [1.54, 1.807) is 24.3 Å². The van der Waals surface area contributed by atoms with E-state index in [2.05, 4.69) is 22.8 Å². The first-order valence-electron chi connectivity index (χ1n) is 12.3. The molecule has 1 heterocycles. The van der Waals surface area contributed by atoms with Crippen LogP contribution in [0.4, 0.5) is 4.79 Å². The third-order valence-electron chi connectivity index (χ3n) is 6.88. The number of hydrogen-bond donors (Lipinski definition) is 3. The molecule has 1 saturated carbocycles. The van der Waals surface area contributed by atoms with Crippen molar-refractivity contribution in [1.29, 1.82) is 0 Å². The van der Waals surface area contributed by atoms with Crippen molar-refractivity contribution in [1.82, 2.24) is 15.5 Å². The summed E-state index contributed by atoms with van der Waals surface area (Å²) in [6.45, 7) is 2.13. The summed E-state index contributed by atoms with van der Waals surface area (Å²) < 4.78 is 5.95. The smallest absolute Gasteiger partial charge is 0.317 e. The van der Waals surface area contributed by atoms with Crippen molar-refractivity contribution in [2.75, 3.05) is 26.2 Å². The van der Waals surface area contributed by atoms with Gasteiger partial charge < -0.3 is 25.4 Å². The zero-order valence-electron chi connectivity index (χ0n) is 19.8. The Labute approximate surface area is 205 Å². The van der Waals surface area contributed by atoms with Gasteiger partial charge in [0, 0.05) is 37.7 Å². The van der Waals surface area contributed by atoms with Gasteiger partial charge in [-0.05, 0) is 61.9 Å².